The number of rotatable bonds is 4. The van der Waals surface area contributed by atoms with Gasteiger partial charge < -0.3 is 10.3 Å². The molecule has 5 rings (SSSR count). The van der Waals surface area contributed by atoms with Crippen LogP contribution < -0.4 is 5.32 Å². The number of carbonyl (C=O) groups is 1. The van der Waals surface area contributed by atoms with Crippen molar-refractivity contribution in [3.8, 4) is 11.4 Å². The molecule has 1 aliphatic carbocycles. The van der Waals surface area contributed by atoms with Crippen LogP contribution >= 0.6 is 11.6 Å². The zero-order valence-electron chi connectivity index (χ0n) is 15.5. The maximum atomic E-state index is 12.7. The van der Waals surface area contributed by atoms with Gasteiger partial charge >= 0.3 is 0 Å². The number of aryl methyl sites for hydroxylation is 1. The number of amides is 1. The van der Waals surface area contributed by atoms with Crippen molar-refractivity contribution in [2.45, 2.75) is 25.8 Å². The second-order valence-corrected chi connectivity index (χ2v) is 7.82. The molecule has 28 heavy (non-hydrogen) atoms. The van der Waals surface area contributed by atoms with Crippen LogP contribution in [0, 0.1) is 5.92 Å². The summed E-state index contributed by atoms with van der Waals surface area (Å²) in [5.41, 5.74) is 3.86. The summed E-state index contributed by atoms with van der Waals surface area (Å²) < 4.78 is 1.77. The first-order valence-corrected chi connectivity index (χ1v) is 9.66. The van der Waals surface area contributed by atoms with Crippen molar-refractivity contribution in [3.63, 3.8) is 0 Å². The van der Waals surface area contributed by atoms with Crippen molar-refractivity contribution in [2.24, 2.45) is 13.0 Å². The lowest BCUT2D eigenvalue weighted by Crippen LogP contribution is -2.33. The molecule has 7 nitrogen and oxygen atoms in total. The van der Waals surface area contributed by atoms with Gasteiger partial charge in [0.1, 0.15) is 16.9 Å². The molecule has 142 valence electrons. The molecule has 0 saturated heterocycles. The third-order valence-corrected chi connectivity index (χ3v) is 5.60. The number of aromatic amines is 1. The Hall–Kier alpha value is -2.93. The van der Waals surface area contributed by atoms with Gasteiger partial charge in [-0.2, -0.15) is 5.10 Å². The molecule has 1 saturated carbocycles. The second-order valence-electron chi connectivity index (χ2n) is 7.39. The van der Waals surface area contributed by atoms with Crippen molar-refractivity contribution in [3.05, 3.63) is 41.2 Å². The Bertz CT molecular complexity index is 1220. The van der Waals surface area contributed by atoms with Crippen LogP contribution in [0.15, 0.2) is 30.6 Å². The summed E-state index contributed by atoms with van der Waals surface area (Å²) in [5.74, 6) is 0.456. The van der Waals surface area contributed by atoms with Crippen LogP contribution in [0.1, 0.15) is 30.1 Å². The molecule has 0 unspecified atom stereocenters. The van der Waals surface area contributed by atoms with E-state index in [4.69, 9.17) is 16.6 Å². The minimum absolute atomic E-state index is 0.130. The van der Waals surface area contributed by atoms with Crippen LogP contribution in [0.25, 0.3) is 33.5 Å². The first kappa shape index (κ1) is 17.2. The molecule has 1 atom stereocenters. The van der Waals surface area contributed by atoms with E-state index in [1.54, 1.807) is 17.1 Å². The Morgan fingerprint density at radius 1 is 1.39 bits per heavy atom. The van der Waals surface area contributed by atoms with Gasteiger partial charge in [-0.3, -0.25) is 9.48 Å². The third kappa shape index (κ3) is 2.82. The zero-order chi connectivity index (χ0) is 19.4. The lowest BCUT2D eigenvalue weighted by molar-refractivity contribution is 0.0937. The molecule has 0 spiro atoms. The largest absolute Gasteiger partial charge is 0.349 e. The quantitative estimate of drug-likeness (QED) is 0.552. The normalized spacial score (nSPS) is 15.2. The Labute approximate surface area is 166 Å². The number of H-pyrrole nitrogens is 1. The highest BCUT2D eigenvalue weighted by Gasteiger charge is 2.29. The van der Waals surface area contributed by atoms with Crippen LogP contribution in [0.4, 0.5) is 0 Å². The first-order valence-electron chi connectivity index (χ1n) is 9.29. The lowest BCUT2D eigenvalue weighted by Gasteiger charge is -2.11. The highest BCUT2D eigenvalue weighted by atomic mass is 35.5. The van der Waals surface area contributed by atoms with Crippen LogP contribution in [0.3, 0.4) is 0 Å². The van der Waals surface area contributed by atoms with Gasteiger partial charge in [-0.05, 0) is 43.9 Å². The molecule has 0 aliphatic heterocycles. The lowest BCUT2D eigenvalue weighted by atomic mass is 10.1. The van der Waals surface area contributed by atoms with E-state index >= 15 is 0 Å². The van der Waals surface area contributed by atoms with Gasteiger partial charge in [0.25, 0.3) is 5.91 Å². The van der Waals surface area contributed by atoms with Crippen molar-refractivity contribution in [1.82, 2.24) is 30.0 Å². The molecule has 0 radical (unpaired) electrons. The summed E-state index contributed by atoms with van der Waals surface area (Å²) in [7, 11) is 1.86. The summed E-state index contributed by atoms with van der Waals surface area (Å²) in [6.07, 6.45) is 5.69. The molecule has 2 N–H and O–H groups in total. The average Bonchev–Trinajstić information content (AvgIpc) is 3.37. The number of carbonyl (C=O) groups excluding carboxylic acids is 1. The molecule has 1 aliphatic rings. The predicted octanol–water partition coefficient (Wildman–Crippen LogP) is 3.69. The SMILES string of the molecule is C[C@@H](NC(=O)c1c[nH]c2ncc(-c3nn(C)c4cc(Cl)ccc34)nc12)C1CC1. The van der Waals surface area contributed by atoms with E-state index in [1.165, 1.54) is 12.8 Å². The number of hydrogen-bond acceptors (Lipinski definition) is 4. The predicted molar refractivity (Wildman–Crippen MR) is 108 cm³/mol. The van der Waals surface area contributed by atoms with Crippen molar-refractivity contribution < 1.29 is 4.79 Å². The smallest absolute Gasteiger partial charge is 0.255 e. The highest BCUT2D eigenvalue weighted by Crippen LogP contribution is 2.33. The molecule has 4 aromatic rings. The Morgan fingerprint density at radius 3 is 3.00 bits per heavy atom. The number of aromatic nitrogens is 5. The third-order valence-electron chi connectivity index (χ3n) is 5.37. The van der Waals surface area contributed by atoms with Crippen molar-refractivity contribution in [1.29, 1.82) is 0 Å². The minimum atomic E-state index is -0.130. The van der Waals surface area contributed by atoms with E-state index in [9.17, 15) is 4.79 Å². The Balaban J connectivity index is 1.57. The fourth-order valence-electron chi connectivity index (χ4n) is 3.60. The fourth-order valence-corrected chi connectivity index (χ4v) is 3.76. The number of nitrogens with zero attached hydrogens (tertiary/aromatic N) is 4. The van der Waals surface area contributed by atoms with Crippen LogP contribution in [0.5, 0.6) is 0 Å². The zero-order valence-corrected chi connectivity index (χ0v) is 16.3. The molecule has 8 heteroatoms. The van der Waals surface area contributed by atoms with Gasteiger partial charge in [0, 0.05) is 29.7 Å². The summed E-state index contributed by atoms with van der Waals surface area (Å²) in [6, 6.07) is 5.79. The van der Waals surface area contributed by atoms with E-state index < -0.39 is 0 Å². The molecule has 1 amide bonds. The summed E-state index contributed by atoms with van der Waals surface area (Å²) >= 11 is 6.12. The minimum Gasteiger partial charge on any atom is -0.349 e. The second kappa shape index (κ2) is 6.31. The number of benzene rings is 1. The maximum Gasteiger partial charge on any atom is 0.255 e. The topological polar surface area (TPSA) is 88.5 Å². The van der Waals surface area contributed by atoms with Gasteiger partial charge in [-0.25, -0.2) is 9.97 Å². The van der Waals surface area contributed by atoms with Crippen LogP contribution in [0.2, 0.25) is 5.02 Å². The number of fused-ring (bicyclic) bond motifs is 2. The molecular weight excluding hydrogens is 376 g/mol. The van der Waals surface area contributed by atoms with E-state index in [1.807, 2.05) is 32.2 Å². The Kier molecular flexibility index (Phi) is 3.87. The highest BCUT2D eigenvalue weighted by molar-refractivity contribution is 6.31. The molecule has 3 heterocycles. The van der Waals surface area contributed by atoms with Gasteiger partial charge in [0.2, 0.25) is 0 Å². The maximum absolute atomic E-state index is 12.7. The summed E-state index contributed by atoms with van der Waals surface area (Å²) in [6.45, 7) is 2.05. The average molecular weight is 395 g/mol. The molecule has 1 aromatic carbocycles. The molecule has 3 aromatic heterocycles. The molecular formula is C20H19ClN6O. The Morgan fingerprint density at radius 2 is 2.21 bits per heavy atom. The monoisotopic (exact) mass is 394 g/mol. The van der Waals surface area contributed by atoms with E-state index in [2.05, 4.69) is 20.4 Å². The van der Waals surface area contributed by atoms with Gasteiger partial charge in [0.05, 0.1) is 17.3 Å². The molecule has 1 fully saturated rings. The summed E-state index contributed by atoms with van der Waals surface area (Å²) in [5, 5.41) is 9.25. The van der Waals surface area contributed by atoms with Crippen LogP contribution in [-0.4, -0.2) is 36.7 Å². The van der Waals surface area contributed by atoms with Gasteiger partial charge in [-0.15, -0.1) is 0 Å². The number of nitrogens with one attached hydrogen (secondary N) is 2. The van der Waals surface area contributed by atoms with E-state index in [0.717, 1.165) is 10.9 Å². The van der Waals surface area contributed by atoms with Gasteiger partial charge in [0.15, 0.2) is 5.65 Å². The van der Waals surface area contributed by atoms with E-state index in [0.29, 0.717) is 39.1 Å². The number of hydrogen-bond donors (Lipinski definition) is 2. The van der Waals surface area contributed by atoms with E-state index in [-0.39, 0.29) is 11.9 Å². The van der Waals surface area contributed by atoms with Crippen molar-refractivity contribution in [2.75, 3.05) is 0 Å². The fraction of sp³-hybridized carbons (Fsp3) is 0.300. The van der Waals surface area contributed by atoms with Crippen molar-refractivity contribution >= 4 is 39.6 Å². The summed E-state index contributed by atoms with van der Waals surface area (Å²) in [4.78, 5) is 24.9. The first-order chi connectivity index (χ1) is 13.5. The van der Waals surface area contributed by atoms with Gasteiger partial charge in [-0.1, -0.05) is 11.6 Å². The molecule has 0 bridgehead atoms. The number of halogens is 1. The standard InChI is InChI=1S/C20H19ClN6O/c1-10(11-3-4-11)24-20(28)14-8-22-19-18(14)25-15(9-23-19)17-13-6-5-12(21)7-16(13)27(2)26-17/h5-11H,3-4H2,1-2H3,(H,22,23)(H,24,28)/t10-/m1/s1. The van der Waals surface area contributed by atoms with Crippen LogP contribution in [-0.2, 0) is 7.05 Å².